The molecule has 0 amide bonds. The molecule has 0 aromatic heterocycles. The molecule has 1 N–H and O–H groups in total. The van der Waals surface area contributed by atoms with Crippen molar-refractivity contribution < 1.29 is 0 Å². The van der Waals surface area contributed by atoms with Crippen molar-refractivity contribution in [3.8, 4) is 0 Å². The maximum atomic E-state index is 3.67. The van der Waals surface area contributed by atoms with E-state index in [0.717, 1.165) is 0 Å². The first-order valence-electron chi connectivity index (χ1n) is 5.98. The molecule has 2 nitrogen and oxygen atoms in total. The van der Waals surface area contributed by atoms with Crippen LogP contribution in [0.15, 0.2) is 22.3 Å². The lowest BCUT2D eigenvalue weighted by molar-refractivity contribution is 0.361. The molecule has 0 spiro atoms. The van der Waals surface area contributed by atoms with Crippen LogP contribution in [-0.4, -0.2) is 27.3 Å². The number of rotatable bonds is 3. The third-order valence-electron chi connectivity index (χ3n) is 3.84. The van der Waals surface area contributed by atoms with Crippen LogP contribution in [0.5, 0.6) is 0 Å². The summed E-state index contributed by atoms with van der Waals surface area (Å²) in [5, 5.41) is 5.77. The van der Waals surface area contributed by atoms with Crippen LogP contribution in [0.25, 0.3) is 0 Å². The van der Waals surface area contributed by atoms with E-state index in [-0.39, 0.29) is 0 Å². The summed E-state index contributed by atoms with van der Waals surface area (Å²) in [5.74, 6) is 0. The number of hydrazine groups is 1. The van der Waals surface area contributed by atoms with Gasteiger partial charge in [0.05, 0.1) is 0 Å². The van der Waals surface area contributed by atoms with Crippen molar-refractivity contribution in [1.29, 1.82) is 0 Å². The van der Waals surface area contributed by atoms with Crippen LogP contribution in [0.4, 0.5) is 0 Å². The SMILES string of the molecule is CC1=C(C)C([Si](C)(C)NN(C)C)C(C)=C1C. The molecule has 0 heterocycles. The molecule has 1 aliphatic carbocycles. The van der Waals surface area contributed by atoms with Gasteiger partial charge in [0.2, 0.25) is 0 Å². The summed E-state index contributed by atoms with van der Waals surface area (Å²) < 4.78 is 0. The minimum absolute atomic E-state index is 0.648. The average molecular weight is 238 g/mol. The lowest BCUT2D eigenvalue weighted by atomic mass is 10.1. The molecule has 0 aromatic rings. The van der Waals surface area contributed by atoms with Gasteiger partial charge in [-0.25, -0.2) is 0 Å². The molecule has 1 rings (SSSR count). The predicted octanol–water partition coefficient (Wildman–Crippen LogP) is 3.31. The lowest BCUT2D eigenvalue weighted by Crippen LogP contribution is -2.55. The molecule has 0 saturated carbocycles. The van der Waals surface area contributed by atoms with Crippen molar-refractivity contribution >= 4 is 8.24 Å². The zero-order valence-corrected chi connectivity index (χ0v) is 13.0. The number of hydrogen-bond acceptors (Lipinski definition) is 2. The van der Waals surface area contributed by atoms with Crippen molar-refractivity contribution in [2.75, 3.05) is 14.1 Å². The van der Waals surface area contributed by atoms with Crippen LogP contribution < -0.4 is 5.09 Å². The Kier molecular flexibility index (Phi) is 3.82. The van der Waals surface area contributed by atoms with Crippen molar-refractivity contribution in [3.05, 3.63) is 22.3 Å². The Morgan fingerprint density at radius 2 is 1.31 bits per heavy atom. The third-order valence-corrected chi connectivity index (χ3v) is 7.18. The quantitative estimate of drug-likeness (QED) is 0.599. The Morgan fingerprint density at radius 3 is 1.62 bits per heavy atom. The summed E-state index contributed by atoms with van der Waals surface area (Å²) in [5.41, 5.74) is 6.80. The smallest absolute Gasteiger partial charge is 0.146 e. The molecule has 0 atom stereocenters. The van der Waals surface area contributed by atoms with E-state index < -0.39 is 8.24 Å². The summed E-state index contributed by atoms with van der Waals surface area (Å²) in [6, 6.07) is 0. The first kappa shape index (κ1) is 13.7. The third kappa shape index (κ3) is 2.31. The highest BCUT2D eigenvalue weighted by molar-refractivity contribution is 6.77. The van der Waals surface area contributed by atoms with Crippen molar-refractivity contribution in [3.63, 3.8) is 0 Å². The van der Waals surface area contributed by atoms with Crippen LogP contribution in [0.2, 0.25) is 18.6 Å². The highest BCUT2D eigenvalue weighted by atomic mass is 28.3. The molecular formula is C13H26N2Si. The molecule has 0 aromatic carbocycles. The van der Waals surface area contributed by atoms with E-state index in [4.69, 9.17) is 0 Å². The molecule has 0 unspecified atom stereocenters. The second-order valence-corrected chi connectivity index (χ2v) is 10.0. The van der Waals surface area contributed by atoms with E-state index in [1.807, 2.05) is 0 Å². The van der Waals surface area contributed by atoms with Gasteiger partial charge in [0.15, 0.2) is 0 Å². The van der Waals surface area contributed by atoms with Gasteiger partial charge in [-0.3, -0.25) is 10.1 Å². The van der Waals surface area contributed by atoms with Crippen LogP contribution >= 0.6 is 0 Å². The molecular weight excluding hydrogens is 212 g/mol. The molecule has 16 heavy (non-hydrogen) atoms. The molecule has 1 aliphatic rings. The van der Waals surface area contributed by atoms with Gasteiger partial charge in [0.1, 0.15) is 8.24 Å². The summed E-state index contributed by atoms with van der Waals surface area (Å²) >= 11 is 0. The second kappa shape index (κ2) is 4.47. The Hall–Kier alpha value is -0.383. The molecule has 92 valence electrons. The van der Waals surface area contributed by atoms with Gasteiger partial charge in [0, 0.05) is 19.6 Å². The lowest BCUT2D eigenvalue weighted by Gasteiger charge is -2.35. The normalized spacial score (nSPS) is 19.3. The predicted molar refractivity (Wildman–Crippen MR) is 74.8 cm³/mol. The van der Waals surface area contributed by atoms with E-state index in [2.05, 4.69) is 65.0 Å². The molecule has 3 heteroatoms. The Balaban J connectivity index is 3.07. The van der Waals surface area contributed by atoms with Gasteiger partial charge in [-0.05, 0) is 38.8 Å². The fourth-order valence-electron chi connectivity index (χ4n) is 3.07. The summed E-state index contributed by atoms with van der Waals surface area (Å²) in [6.45, 7) is 13.9. The van der Waals surface area contributed by atoms with Crippen LogP contribution in [0.3, 0.4) is 0 Å². The van der Waals surface area contributed by atoms with E-state index in [1.165, 1.54) is 11.1 Å². The molecule has 0 radical (unpaired) electrons. The zero-order chi connectivity index (χ0) is 12.7. The van der Waals surface area contributed by atoms with Crippen LogP contribution in [-0.2, 0) is 0 Å². The molecule has 0 bridgehead atoms. The minimum atomic E-state index is -1.48. The van der Waals surface area contributed by atoms with Gasteiger partial charge < -0.3 is 0 Å². The highest BCUT2D eigenvalue weighted by Gasteiger charge is 2.39. The largest absolute Gasteiger partial charge is 0.276 e. The number of hydrogen-bond donors (Lipinski definition) is 1. The Labute approximate surface area is 101 Å². The van der Waals surface area contributed by atoms with E-state index in [1.54, 1.807) is 11.1 Å². The summed E-state index contributed by atoms with van der Waals surface area (Å²) in [4.78, 5) is 0. The highest BCUT2D eigenvalue weighted by Crippen LogP contribution is 2.45. The maximum absolute atomic E-state index is 3.67. The first-order valence-corrected chi connectivity index (χ1v) is 9.06. The Morgan fingerprint density at radius 1 is 0.938 bits per heavy atom. The van der Waals surface area contributed by atoms with Crippen molar-refractivity contribution in [2.24, 2.45) is 0 Å². The Bertz CT molecular complexity index is 327. The van der Waals surface area contributed by atoms with Crippen LogP contribution in [0, 0.1) is 0 Å². The molecule has 0 aliphatic heterocycles. The monoisotopic (exact) mass is 238 g/mol. The molecule has 0 fully saturated rings. The van der Waals surface area contributed by atoms with Crippen molar-refractivity contribution in [1.82, 2.24) is 10.1 Å². The van der Waals surface area contributed by atoms with Gasteiger partial charge in [-0.15, -0.1) is 0 Å². The van der Waals surface area contributed by atoms with E-state index in [0.29, 0.717) is 5.54 Å². The van der Waals surface area contributed by atoms with Crippen molar-refractivity contribution in [2.45, 2.75) is 46.3 Å². The van der Waals surface area contributed by atoms with Gasteiger partial charge in [-0.2, -0.15) is 0 Å². The number of allylic oxidation sites excluding steroid dienone is 4. The topological polar surface area (TPSA) is 15.3 Å². The fourth-order valence-corrected chi connectivity index (χ4v) is 6.95. The number of nitrogens with zero attached hydrogens (tertiary/aromatic N) is 1. The second-order valence-electron chi connectivity index (χ2n) is 5.78. The van der Waals surface area contributed by atoms with Gasteiger partial charge in [0.25, 0.3) is 0 Å². The van der Waals surface area contributed by atoms with Crippen LogP contribution in [0.1, 0.15) is 27.7 Å². The van der Waals surface area contributed by atoms with E-state index >= 15 is 0 Å². The average Bonchev–Trinajstić information content (AvgIpc) is 2.29. The molecule has 0 saturated heterocycles. The first-order chi connectivity index (χ1) is 7.18. The standard InChI is InChI=1S/C13H26N2Si/c1-9-10(2)12(4)13(11(9)3)16(7,8)14-15(5)6/h13-14H,1-8H3. The minimum Gasteiger partial charge on any atom is -0.276 e. The maximum Gasteiger partial charge on any atom is 0.146 e. The van der Waals surface area contributed by atoms with Gasteiger partial charge >= 0.3 is 0 Å². The van der Waals surface area contributed by atoms with E-state index in [9.17, 15) is 0 Å². The fraction of sp³-hybridized carbons (Fsp3) is 0.692. The number of nitrogens with one attached hydrogen (secondary N) is 1. The zero-order valence-electron chi connectivity index (χ0n) is 12.0. The van der Waals surface area contributed by atoms with Gasteiger partial charge in [-0.1, -0.05) is 24.2 Å². The summed E-state index contributed by atoms with van der Waals surface area (Å²) in [7, 11) is 2.69. The summed E-state index contributed by atoms with van der Waals surface area (Å²) in [6.07, 6.45) is 0.